The van der Waals surface area contributed by atoms with Gasteiger partial charge in [-0.25, -0.2) is 13.5 Å². The van der Waals surface area contributed by atoms with Gasteiger partial charge in [-0.1, -0.05) is 40.5 Å². The number of rotatable bonds is 8. The number of likely N-dealkylation sites (tertiary alicyclic amines) is 1. The Morgan fingerprint density at radius 1 is 0.956 bits per heavy atom. The van der Waals surface area contributed by atoms with Gasteiger partial charge in [0.2, 0.25) is 0 Å². The van der Waals surface area contributed by atoms with Crippen LogP contribution in [0.1, 0.15) is 54.6 Å². The molecule has 0 spiro atoms. The van der Waals surface area contributed by atoms with Crippen LogP contribution < -0.4 is 10.6 Å². The number of fused-ring (bicyclic) bond motifs is 1. The van der Waals surface area contributed by atoms with Gasteiger partial charge in [0.25, 0.3) is 0 Å². The van der Waals surface area contributed by atoms with Crippen molar-refractivity contribution in [3.63, 3.8) is 0 Å². The summed E-state index contributed by atoms with van der Waals surface area (Å²) in [5, 5.41) is 26.6. The van der Waals surface area contributed by atoms with Gasteiger partial charge in [-0.2, -0.15) is 5.26 Å². The van der Waals surface area contributed by atoms with E-state index in [1.165, 1.54) is 49.4 Å². The fourth-order valence-electron chi connectivity index (χ4n) is 6.01. The molecule has 1 aliphatic heterocycles. The lowest BCUT2D eigenvalue weighted by Crippen LogP contribution is -2.36. The average molecular weight is 646 g/mol. The Bertz CT molecular complexity index is 1910. The van der Waals surface area contributed by atoms with Crippen LogP contribution in [-0.2, 0) is 0 Å². The summed E-state index contributed by atoms with van der Waals surface area (Å²) in [6.45, 7) is 2.10. The van der Waals surface area contributed by atoms with Crippen molar-refractivity contribution in [1.82, 2.24) is 24.9 Å². The maximum absolute atomic E-state index is 14.0. The molecule has 1 saturated heterocycles. The first-order valence-corrected chi connectivity index (χ1v) is 15.5. The lowest BCUT2D eigenvalue weighted by molar-refractivity contribution is 0.171. The van der Waals surface area contributed by atoms with Gasteiger partial charge in [0.1, 0.15) is 23.4 Å². The van der Waals surface area contributed by atoms with Crippen LogP contribution in [0.4, 0.5) is 25.8 Å². The molecule has 0 radical (unpaired) electrons. The number of anilines is 3. The molecular formula is C33H28Cl2F2N8. The highest BCUT2D eigenvalue weighted by atomic mass is 35.5. The number of halogens is 4. The minimum absolute atomic E-state index is 0.0547. The van der Waals surface area contributed by atoms with E-state index in [0.717, 1.165) is 37.5 Å². The Morgan fingerprint density at radius 3 is 2.44 bits per heavy atom. The zero-order valence-corrected chi connectivity index (χ0v) is 25.5. The van der Waals surface area contributed by atoms with Crippen LogP contribution in [0.2, 0.25) is 10.0 Å². The average Bonchev–Trinajstić information content (AvgIpc) is 3.79. The summed E-state index contributed by atoms with van der Waals surface area (Å²) >= 11 is 12.7. The number of pyridine rings is 1. The number of nitrogens with one attached hydrogen (secondary N) is 2. The molecule has 5 aromatic rings. The van der Waals surface area contributed by atoms with Crippen LogP contribution in [0.3, 0.4) is 0 Å². The van der Waals surface area contributed by atoms with Crippen LogP contribution in [0, 0.1) is 23.0 Å². The number of piperidine rings is 1. The smallest absolute Gasteiger partial charge is 0.141 e. The number of nitrogens with zero attached hydrogens (tertiary/aromatic N) is 6. The second kappa shape index (κ2) is 12.2. The first-order chi connectivity index (χ1) is 21.9. The van der Waals surface area contributed by atoms with Crippen molar-refractivity contribution in [2.24, 2.45) is 0 Å². The van der Waals surface area contributed by atoms with Crippen molar-refractivity contribution >= 4 is 51.2 Å². The molecule has 2 N–H and O–H groups in total. The van der Waals surface area contributed by atoms with E-state index in [-0.39, 0.29) is 22.4 Å². The standard InChI is InChI=1S/C33H28Cl2F2N8/c34-21-13-26-31(40-23-5-8-28(37)27(35)15-23)20(16-38)17-39-33(26)29(14-21)41-32(19-1-3-22(36)4-2-19)30-18-45(43-42-30)25-9-11-44(12-10-25)24-6-7-24/h1-5,8,13-15,17-18,24-25,32,41H,6-7,9-12H2,(H,39,40)/t32-/m0/s1. The molecule has 3 aromatic carbocycles. The third-order valence-electron chi connectivity index (χ3n) is 8.51. The van der Waals surface area contributed by atoms with Gasteiger partial charge in [-0.3, -0.25) is 4.98 Å². The number of aromatic nitrogens is 4. The Labute approximate surface area is 268 Å². The van der Waals surface area contributed by atoms with Crippen LogP contribution in [0.25, 0.3) is 10.9 Å². The van der Waals surface area contributed by atoms with E-state index in [1.807, 2.05) is 10.9 Å². The van der Waals surface area contributed by atoms with E-state index in [0.29, 0.717) is 38.7 Å². The molecule has 0 amide bonds. The third-order valence-corrected chi connectivity index (χ3v) is 9.02. The highest BCUT2D eigenvalue weighted by Crippen LogP contribution is 2.38. The quantitative estimate of drug-likeness (QED) is 0.177. The van der Waals surface area contributed by atoms with E-state index in [1.54, 1.807) is 24.3 Å². The molecule has 12 heteroatoms. The van der Waals surface area contributed by atoms with Crippen molar-refractivity contribution in [1.29, 1.82) is 5.26 Å². The van der Waals surface area contributed by atoms with E-state index < -0.39 is 11.9 Å². The zero-order valence-electron chi connectivity index (χ0n) is 24.0. The minimum atomic E-state index is -0.552. The van der Waals surface area contributed by atoms with E-state index in [4.69, 9.17) is 23.2 Å². The first kappa shape index (κ1) is 29.4. The molecule has 0 bridgehead atoms. The van der Waals surface area contributed by atoms with Gasteiger partial charge in [0.05, 0.1) is 45.8 Å². The van der Waals surface area contributed by atoms with Gasteiger partial charge in [-0.15, -0.1) is 5.10 Å². The molecule has 1 atom stereocenters. The summed E-state index contributed by atoms with van der Waals surface area (Å²) in [6.07, 6.45) is 8.03. The van der Waals surface area contributed by atoms with E-state index in [2.05, 4.69) is 36.9 Å². The predicted molar refractivity (Wildman–Crippen MR) is 171 cm³/mol. The van der Waals surface area contributed by atoms with Gasteiger partial charge in [0.15, 0.2) is 0 Å². The Morgan fingerprint density at radius 2 is 1.73 bits per heavy atom. The van der Waals surface area contributed by atoms with Crippen LogP contribution >= 0.6 is 23.2 Å². The van der Waals surface area contributed by atoms with Crippen LogP contribution in [0.15, 0.2) is 67.0 Å². The number of benzene rings is 3. The monoisotopic (exact) mass is 644 g/mol. The SMILES string of the molecule is N#Cc1cnc2c(N[C@@H](c3ccc(F)cc3)c3cn(C4CCN(C5CC5)CC4)nn3)cc(Cl)cc2c1Nc1ccc(F)c(Cl)c1. The summed E-state index contributed by atoms with van der Waals surface area (Å²) in [6, 6.07) is 16.6. The first-order valence-electron chi connectivity index (χ1n) is 14.8. The molecule has 228 valence electrons. The predicted octanol–water partition coefficient (Wildman–Crippen LogP) is 8.03. The maximum atomic E-state index is 14.0. The second-order valence-electron chi connectivity index (χ2n) is 11.5. The van der Waals surface area contributed by atoms with Crippen molar-refractivity contribution in [3.8, 4) is 6.07 Å². The van der Waals surface area contributed by atoms with E-state index in [9.17, 15) is 14.0 Å². The lowest BCUT2D eigenvalue weighted by atomic mass is 10.0. The highest BCUT2D eigenvalue weighted by molar-refractivity contribution is 6.32. The molecule has 7 rings (SSSR count). The molecule has 45 heavy (non-hydrogen) atoms. The van der Waals surface area contributed by atoms with Crippen LogP contribution in [-0.4, -0.2) is 44.0 Å². The van der Waals surface area contributed by atoms with Crippen molar-refractivity contribution in [2.75, 3.05) is 23.7 Å². The maximum Gasteiger partial charge on any atom is 0.141 e. The van der Waals surface area contributed by atoms with Crippen molar-refractivity contribution in [3.05, 3.63) is 105 Å². The highest BCUT2D eigenvalue weighted by Gasteiger charge is 2.33. The molecule has 0 unspecified atom stereocenters. The minimum Gasteiger partial charge on any atom is -0.371 e. The summed E-state index contributed by atoms with van der Waals surface area (Å²) in [5.74, 6) is -0.900. The third kappa shape index (κ3) is 6.16. The number of nitriles is 1. The summed E-state index contributed by atoms with van der Waals surface area (Å²) in [4.78, 5) is 7.18. The van der Waals surface area contributed by atoms with Crippen LogP contribution in [0.5, 0.6) is 0 Å². The Balaban J connectivity index is 1.25. The van der Waals surface area contributed by atoms with Gasteiger partial charge in [0, 0.05) is 41.4 Å². The molecule has 8 nitrogen and oxygen atoms in total. The van der Waals surface area contributed by atoms with Gasteiger partial charge >= 0.3 is 0 Å². The van der Waals surface area contributed by atoms with Gasteiger partial charge in [-0.05, 0) is 73.7 Å². The zero-order chi connectivity index (χ0) is 31.1. The van der Waals surface area contributed by atoms with Gasteiger partial charge < -0.3 is 15.5 Å². The molecule has 3 heterocycles. The fraction of sp³-hybridized carbons (Fsp3) is 0.273. The Hall–Kier alpha value is -4.30. The number of hydrogen-bond donors (Lipinski definition) is 2. The number of hydrogen-bond acceptors (Lipinski definition) is 7. The summed E-state index contributed by atoms with van der Waals surface area (Å²) < 4.78 is 29.8. The van der Waals surface area contributed by atoms with Crippen molar-refractivity contribution < 1.29 is 8.78 Å². The van der Waals surface area contributed by atoms with E-state index >= 15 is 0 Å². The molecule has 1 aliphatic carbocycles. The topological polar surface area (TPSA) is 94.7 Å². The summed E-state index contributed by atoms with van der Waals surface area (Å²) in [7, 11) is 0. The molecular weight excluding hydrogens is 617 g/mol. The molecule has 1 saturated carbocycles. The normalized spacial score (nSPS) is 16.4. The summed E-state index contributed by atoms with van der Waals surface area (Å²) in [5.41, 5.74) is 3.73. The van der Waals surface area contributed by atoms with Crippen molar-refractivity contribution in [2.45, 2.75) is 43.8 Å². The molecule has 2 fully saturated rings. The molecule has 2 aliphatic rings. The molecule has 2 aromatic heterocycles. The second-order valence-corrected chi connectivity index (χ2v) is 12.4. The fourth-order valence-corrected chi connectivity index (χ4v) is 6.41. The largest absolute Gasteiger partial charge is 0.371 e. The Kier molecular flexibility index (Phi) is 8.00. The lowest BCUT2D eigenvalue weighted by Gasteiger charge is -2.31.